The zero-order chi connectivity index (χ0) is 11.7. The highest BCUT2D eigenvalue weighted by Crippen LogP contribution is 2.17. The summed E-state index contributed by atoms with van der Waals surface area (Å²) in [6, 6.07) is 0. The van der Waals surface area contributed by atoms with E-state index in [4.69, 9.17) is 26.2 Å². The zero-order valence-electron chi connectivity index (χ0n) is 8.05. The Hall–Kier alpha value is -1.15. The predicted molar refractivity (Wildman–Crippen MR) is 53.3 cm³/mol. The highest BCUT2D eigenvalue weighted by atomic mass is 35.5. The zero-order valence-corrected chi connectivity index (χ0v) is 8.81. The molecule has 0 radical (unpaired) electrons. The van der Waals surface area contributed by atoms with Gasteiger partial charge in [-0.15, -0.1) is 0 Å². The molecule has 2 N–H and O–H groups in total. The van der Waals surface area contributed by atoms with Gasteiger partial charge in [-0.2, -0.15) is 0 Å². The van der Waals surface area contributed by atoms with Crippen molar-refractivity contribution in [1.29, 1.82) is 0 Å². The van der Waals surface area contributed by atoms with E-state index in [0.717, 1.165) is 10.8 Å². The summed E-state index contributed by atoms with van der Waals surface area (Å²) in [5.41, 5.74) is -1.29. The van der Waals surface area contributed by atoms with Gasteiger partial charge < -0.3 is 19.6 Å². The molecule has 1 aliphatic heterocycles. The van der Waals surface area contributed by atoms with E-state index in [9.17, 15) is 9.59 Å². The first kappa shape index (κ1) is 11.3. The van der Waals surface area contributed by atoms with E-state index < -0.39 is 23.8 Å². The first-order chi connectivity index (χ1) is 7.63. The molecular formula is C8H9ClN2O5. The van der Waals surface area contributed by atoms with E-state index >= 15 is 0 Å². The van der Waals surface area contributed by atoms with Crippen LogP contribution in [0.4, 0.5) is 0 Å². The number of hydrogen-bond donors (Lipinski definition) is 2. The monoisotopic (exact) mass is 248 g/mol. The highest BCUT2D eigenvalue weighted by Gasteiger charge is 2.29. The number of aromatic nitrogens is 2. The summed E-state index contributed by atoms with van der Waals surface area (Å²) in [7, 11) is 0. The van der Waals surface area contributed by atoms with E-state index in [1.807, 2.05) is 0 Å². The van der Waals surface area contributed by atoms with E-state index in [1.54, 1.807) is 0 Å². The van der Waals surface area contributed by atoms with Crippen molar-refractivity contribution < 1.29 is 14.6 Å². The van der Waals surface area contributed by atoms with Crippen molar-refractivity contribution >= 4 is 11.6 Å². The molecule has 0 spiro atoms. The second-order valence-corrected chi connectivity index (χ2v) is 3.56. The van der Waals surface area contributed by atoms with Crippen molar-refractivity contribution in [2.75, 3.05) is 13.2 Å². The van der Waals surface area contributed by atoms with Gasteiger partial charge in [-0.3, -0.25) is 4.79 Å². The van der Waals surface area contributed by atoms with Crippen molar-refractivity contribution in [3.63, 3.8) is 0 Å². The topological polar surface area (TPSA) is 93.6 Å². The Labute approximate surface area is 94.2 Å². The van der Waals surface area contributed by atoms with Crippen molar-refractivity contribution in [3.8, 4) is 0 Å². The number of rotatable bonds is 2. The summed E-state index contributed by atoms with van der Waals surface area (Å²) in [4.78, 5) is 25.3. The van der Waals surface area contributed by atoms with Crippen LogP contribution in [-0.4, -0.2) is 34.2 Å². The number of aliphatic hydroxyl groups excluding tert-OH is 1. The third-order valence-corrected chi connectivity index (χ3v) is 2.41. The van der Waals surface area contributed by atoms with Crippen LogP contribution < -0.4 is 11.2 Å². The van der Waals surface area contributed by atoms with Gasteiger partial charge in [0.25, 0.3) is 5.56 Å². The van der Waals surface area contributed by atoms with Gasteiger partial charge >= 0.3 is 5.69 Å². The number of nitrogens with zero attached hydrogens (tertiary/aromatic N) is 1. The van der Waals surface area contributed by atoms with Crippen LogP contribution in [-0.2, 0) is 9.47 Å². The molecule has 0 saturated carbocycles. The van der Waals surface area contributed by atoms with Gasteiger partial charge in [-0.05, 0) is 0 Å². The van der Waals surface area contributed by atoms with E-state index in [0.29, 0.717) is 0 Å². The summed E-state index contributed by atoms with van der Waals surface area (Å²) < 4.78 is 10.9. The molecule has 0 aromatic carbocycles. The van der Waals surface area contributed by atoms with Crippen LogP contribution in [0.1, 0.15) is 6.23 Å². The lowest BCUT2D eigenvalue weighted by Crippen LogP contribution is -2.39. The summed E-state index contributed by atoms with van der Waals surface area (Å²) >= 11 is 5.59. The van der Waals surface area contributed by atoms with Crippen LogP contribution in [0.3, 0.4) is 0 Å². The van der Waals surface area contributed by atoms with Gasteiger partial charge in [0.05, 0.1) is 13.2 Å². The van der Waals surface area contributed by atoms with Gasteiger partial charge in [0, 0.05) is 6.20 Å². The molecular weight excluding hydrogens is 240 g/mol. The van der Waals surface area contributed by atoms with E-state index in [-0.39, 0.29) is 18.2 Å². The number of hydrogen-bond acceptors (Lipinski definition) is 5. The molecule has 0 amide bonds. The Balaban J connectivity index is 2.38. The van der Waals surface area contributed by atoms with Crippen LogP contribution >= 0.6 is 11.6 Å². The number of nitrogens with one attached hydrogen (secondary N) is 1. The van der Waals surface area contributed by atoms with Crippen molar-refractivity contribution in [1.82, 2.24) is 9.55 Å². The Morgan fingerprint density at radius 2 is 2.38 bits per heavy atom. The molecule has 1 aromatic rings. The summed E-state index contributed by atoms with van der Waals surface area (Å²) in [6.45, 7) is -0.335. The lowest BCUT2D eigenvalue weighted by molar-refractivity contribution is -0.0997. The number of aromatic amines is 1. The molecule has 2 atom stereocenters. The standard InChI is InChI=1S/C8H9ClN2O5/c9-4-1-10-8(14)11(7(4)13)5-3-15-6(2-12)16-5/h1,5-6,12H,2-3H2,(H,10,14). The maximum absolute atomic E-state index is 11.6. The van der Waals surface area contributed by atoms with Gasteiger partial charge in [-0.25, -0.2) is 9.36 Å². The number of ether oxygens (including phenoxy) is 2. The normalized spacial score (nSPS) is 24.9. The number of H-pyrrole nitrogens is 1. The van der Waals surface area contributed by atoms with E-state index in [2.05, 4.69) is 4.98 Å². The average Bonchev–Trinajstić information content (AvgIpc) is 2.73. The van der Waals surface area contributed by atoms with Gasteiger partial charge in [0.1, 0.15) is 5.02 Å². The summed E-state index contributed by atoms with van der Waals surface area (Å²) in [6.07, 6.45) is -0.579. The molecule has 0 bridgehead atoms. The van der Waals surface area contributed by atoms with Crippen LogP contribution in [0.15, 0.2) is 15.8 Å². The lowest BCUT2D eigenvalue weighted by atomic mass is 10.5. The van der Waals surface area contributed by atoms with Crippen LogP contribution in [0.5, 0.6) is 0 Å². The largest absolute Gasteiger partial charge is 0.391 e. The number of aliphatic hydroxyl groups is 1. The van der Waals surface area contributed by atoms with Crippen molar-refractivity contribution in [2.45, 2.75) is 12.5 Å². The van der Waals surface area contributed by atoms with Gasteiger partial charge in [0.15, 0.2) is 12.5 Å². The third-order valence-electron chi connectivity index (χ3n) is 2.13. The fourth-order valence-electron chi connectivity index (χ4n) is 1.40. The second-order valence-electron chi connectivity index (χ2n) is 3.15. The Bertz CT molecular complexity index is 496. The minimum Gasteiger partial charge on any atom is -0.391 e. The smallest absolute Gasteiger partial charge is 0.330 e. The maximum Gasteiger partial charge on any atom is 0.330 e. The summed E-state index contributed by atoms with van der Waals surface area (Å²) in [5, 5.41) is 8.66. The first-order valence-corrected chi connectivity index (χ1v) is 4.89. The quantitative estimate of drug-likeness (QED) is 0.704. The maximum atomic E-state index is 11.6. The molecule has 1 aromatic heterocycles. The van der Waals surface area contributed by atoms with E-state index in [1.165, 1.54) is 0 Å². The number of halogens is 1. The van der Waals surface area contributed by atoms with Gasteiger partial charge in [-0.1, -0.05) is 11.6 Å². The van der Waals surface area contributed by atoms with Crippen LogP contribution in [0.2, 0.25) is 5.02 Å². The molecule has 2 heterocycles. The van der Waals surface area contributed by atoms with Crippen molar-refractivity contribution in [3.05, 3.63) is 32.1 Å². The Morgan fingerprint density at radius 3 is 3.00 bits per heavy atom. The SMILES string of the molecule is O=c1[nH]cc(Cl)c(=O)n1C1COC(CO)O1. The van der Waals surface area contributed by atoms with Gasteiger partial charge in [0.2, 0.25) is 0 Å². The highest BCUT2D eigenvalue weighted by molar-refractivity contribution is 6.30. The molecule has 8 heteroatoms. The second kappa shape index (κ2) is 4.38. The minimum absolute atomic E-state index is 0.00849. The average molecular weight is 249 g/mol. The first-order valence-electron chi connectivity index (χ1n) is 4.51. The Morgan fingerprint density at radius 1 is 1.62 bits per heavy atom. The fraction of sp³-hybridized carbons (Fsp3) is 0.500. The Kier molecular flexibility index (Phi) is 3.10. The fourth-order valence-corrected chi connectivity index (χ4v) is 1.55. The minimum atomic E-state index is -0.868. The molecule has 1 saturated heterocycles. The predicted octanol–water partition coefficient (Wildman–Crippen LogP) is -0.946. The third kappa shape index (κ3) is 1.90. The van der Waals surface area contributed by atoms with Crippen LogP contribution in [0.25, 0.3) is 0 Å². The lowest BCUT2D eigenvalue weighted by Gasteiger charge is -2.11. The molecule has 16 heavy (non-hydrogen) atoms. The molecule has 7 nitrogen and oxygen atoms in total. The molecule has 2 unspecified atom stereocenters. The molecule has 0 aliphatic carbocycles. The molecule has 88 valence electrons. The van der Waals surface area contributed by atoms with Crippen LogP contribution in [0, 0.1) is 0 Å². The summed E-state index contributed by atoms with van der Waals surface area (Å²) in [5.74, 6) is 0. The molecule has 2 rings (SSSR count). The van der Waals surface area contributed by atoms with Crippen molar-refractivity contribution in [2.24, 2.45) is 0 Å². The molecule has 1 aliphatic rings. The molecule has 1 fully saturated rings.